The topological polar surface area (TPSA) is 132 Å². The third-order valence-corrected chi connectivity index (χ3v) is 8.47. The van der Waals surface area contributed by atoms with Crippen LogP contribution in [0.25, 0.3) is 5.69 Å². The van der Waals surface area contributed by atoms with Gasteiger partial charge in [0, 0.05) is 36.0 Å². The Morgan fingerprint density at radius 3 is 2.52 bits per heavy atom. The lowest BCUT2D eigenvalue weighted by Gasteiger charge is -2.41. The van der Waals surface area contributed by atoms with Gasteiger partial charge in [0.1, 0.15) is 0 Å². The molecule has 0 spiro atoms. The van der Waals surface area contributed by atoms with Crippen LogP contribution >= 0.6 is 0 Å². The van der Waals surface area contributed by atoms with Crippen molar-refractivity contribution in [3.63, 3.8) is 0 Å². The number of ether oxygens (including phenoxy) is 1. The molecule has 2 aliphatic rings. The first kappa shape index (κ1) is 30.1. The smallest absolute Gasteiger partial charge is 0.250 e. The lowest BCUT2D eigenvalue weighted by molar-refractivity contribution is -0.129. The molecule has 4 rings (SSSR count). The number of hydroxylamine groups is 1. The van der Waals surface area contributed by atoms with E-state index in [0.717, 1.165) is 74.9 Å². The summed E-state index contributed by atoms with van der Waals surface area (Å²) in [4.78, 5) is 23.4. The molecule has 9 nitrogen and oxygen atoms in total. The maximum atomic E-state index is 12.3. The molecule has 1 saturated carbocycles. The normalized spacial score (nSPS) is 21.4. The maximum Gasteiger partial charge on any atom is 0.250 e. The molecule has 0 unspecified atom stereocenters. The number of hydrogen-bond acceptors (Lipinski definition) is 6. The number of nitrogens with one attached hydrogen (secondary N) is 2. The van der Waals surface area contributed by atoms with Gasteiger partial charge in [-0.25, -0.2) is 10.2 Å². The van der Waals surface area contributed by atoms with E-state index in [4.69, 9.17) is 20.8 Å². The number of nitrogens with zero attached hydrogens (tertiary/aromatic N) is 2. The summed E-state index contributed by atoms with van der Waals surface area (Å²) in [6, 6.07) is 6.03. The summed E-state index contributed by atoms with van der Waals surface area (Å²) in [5.74, 6) is -0.785. The van der Waals surface area contributed by atoms with E-state index in [2.05, 4.69) is 44.6 Å². The highest BCUT2D eigenvalue weighted by molar-refractivity contribution is 5.99. The number of amides is 2. The number of aromatic nitrogens is 2. The minimum atomic E-state index is -0.441. The minimum Gasteiger partial charge on any atom is -0.382 e. The van der Waals surface area contributed by atoms with Gasteiger partial charge in [-0.1, -0.05) is 34.1 Å². The molecule has 0 aliphatic heterocycles. The molecule has 1 fully saturated rings. The zero-order valence-corrected chi connectivity index (χ0v) is 24.8. The summed E-state index contributed by atoms with van der Waals surface area (Å²) in [5, 5.41) is 17.2. The number of carbonyl (C=O) groups excluding carboxylic acids is 2. The summed E-state index contributed by atoms with van der Waals surface area (Å²) >= 11 is 0. The van der Waals surface area contributed by atoms with E-state index in [1.807, 2.05) is 18.2 Å². The molecule has 40 heavy (non-hydrogen) atoms. The van der Waals surface area contributed by atoms with E-state index in [1.165, 1.54) is 11.3 Å². The highest BCUT2D eigenvalue weighted by Gasteiger charge is 2.41. The second kappa shape index (κ2) is 12.3. The Labute approximate surface area is 238 Å². The van der Waals surface area contributed by atoms with Gasteiger partial charge in [0.15, 0.2) is 0 Å². The number of unbranched alkanes of at least 4 members (excludes halogenated alkanes) is 2. The molecular weight excluding hydrogens is 506 g/mol. The van der Waals surface area contributed by atoms with Gasteiger partial charge in [0.05, 0.1) is 23.0 Å². The quantitative estimate of drug-likeness (QED) is 0.169. The first-order valence-corrected chi connectivity index (χ1v) is 14.7. The van der Waals surface area contributed by atoms with E-state index in [9.17, 15) is 9.59 Å². The van der Waals surface area contributed by atoms with Crippen LogP contribution in [0.1, 0.15) is 113 Å². The number of aryl methyl sites for hydroxylation is 1. The Morgan fingerprint density at radius 1 is 1.12 bits per heavy atom. The number of hydrogen-bond donors (Lipinski definition) is 4. The van der Waals surface area contributed by atoms with Crippen LogP contribution in [0.3, 0.4) is 0 Å². The summed E-state index contributed by atoms with van der Waals surface area (Å²) in [5.41, 5.74) is 13.5. The fourth-order valence-electron chi connectivity index (χ4n) is 7.10. The monoisotopic (exact) mass is 553 g/mol. The van der Waals surface area contributed by atoms with Crippen molar-refractivity contribution in [3.05, 3.63) is 40.7 Å². The third kappa shape index (κ3) is 7.04. The summed E-state index contributed by atoms with van der Waals surface area (Å²) in [6.45, 7) is 12.1. The first-order chi connectivity index (χ1) is 18.9. The maximum absolute atomic E-state index is 12.3. The summed E-state index contributed by atoms with van der Waals surface area (Å²) in [6.07, 6.45) is 8.96. The van der Waals surface area contributed by atoms with Crippen molar-refractivity contribution >= 4 is 17.5 Å². The van der Waals surface area contributed by atoms with Crippen LogP contribution in [0.5, 0.6) is 0 Å². The fourth-order valence-corrected chi connectivity index (χ4v) is 7.10. The summed E-state index contributed by atoms with van der Waals surface area (Å²) < 4.78 is 8.15. The van der Waals surface area contributed by atoms with Crippen molar-refractivity contribution in [1.29, 1.82) is 0 Å². The van der Waals surface area contributed by atoms with Gasteiger partial charge in [0.2, 0.25) is 5.91 Å². The van der Waals surface area contributed by atoms with Crippen molar-refractivity contribution in [2.45, 2.75) is 116 Å². The predicted molar refractivity (Wildman–Crippen MR) is 156 cm³/mol. The molecule has 2 aliphatic carbocycles. The number of primary amides is 1. The van der Waals surface area contributed by atoms with Crippen LogP contribution in [0, 0.1) is 12.3 Å². The highest BCUT2D eigenvalue weighted by atomic mass is 16.5. The molecule has 1 aromatic heterocycles. The summed E-state index contributed by atoms with van der Waals surface area (Å²) in [7, 11) is 0. The van der Waals surface area contributed by atoms with Gasteiger partial charge in [0.25, 0.3) is 5.91 Å². The molecule has 1 aromatic carbocycles. The Balaban J connectivity index is 1.41. The van der Waals surface area contributed by atoms with Crippen LogP contribution in [0.4, 0.5) is 5.69 Å². The Morgan fingerprint density at radius 2 is 1.85 bits per heavy atom. The Kier molecular flexibility index (Phi) is 9.25. The number of nitrogens with two attached hydrogens (primary N) is 1. The van der Waals surface area contributed by atoms with E-state index >= 15 is 0 Å². The van der Waals surface area contributed by atoms with Gasteiger partial charge in [-0.05, 0) is 87.3 Å². The lowest BCUT2D eigenvalue weighted by Crippen LogP contribution is -2.35. The van der Waals surface area contributed by atoms with Crippen LogP contribution in [-0.4, -0.2) is 45.6 Å². The molecular formula is C31H47N5O4. The number of rotatable bonds is 11. The third-order valence-electron chi connectivity index (χ3n) is 8.47. The van der Waals surface area contributed by atoms with Gasteiger partial charge in [-0.2, -0.15) is 5.10 Å². The second-order valence-corrected chi connectivity index (χ2v) is 13.1. The highest BCUT2D eigenvalue weighted by Crippen LogP contribution is 2.47. The van der Waals surface area contributed by atoms with Crippen LogP contribution in [-0.2, 0) is 21.4 Å². The van der Waals surface area contributed by atoms with Crippen molar-refractivity contribution in [3.8, 4) is 5.69 Å². The van der Waals surface area contributed by atoms with Crippen LogP contribution in [0.2, 0.25) is 0 Å². The van der Waals surface area contributed by atoms with E-state index < -0.39 is 5.91 Å². The predicted octanol–water partition coefficient (Wildman–Crippen LogP) is 5.34. The minimum absolute atomic E-state index is 0.0464. The molecule has 2 aromatic rings. The second-order valence-electron chi connectivity index (χ2n) is 13.1. The zero-order chi connectivity index (χ0) is 29.1. The number of carbonyl (C=O) groups is 2. The number of benzene rings is 1. The van der Waals surface area contributed by atoms with Gasteiger partial charge >= 0.3 is 0 Å². The average Bonchev–Trinajstić information content (AvgIpc) is 3.21. The van der Waals surface area contributed by atoms with Crippen molar-refractivity contribution in [1.82, 2.24) is 15.3 Å². The number of fused-ring (bicyclic) bond motifs is 1. The van der Waals surface area contributed by atoms with Crippen molar-refractivity contribution in [2.24, 2.45) is 11.1 Å². The molecule has 5 N–H and O–H groups in total. The lowest BCUT2D eigenvalue weighted by atomic mass is 9.64. The van der Waals surface area contributed by atoms with E-state index in [-0.39, 0.29) is 28.9 Å². The Hall–Kier alpha value is -2.91. The molecule has 0 saturated heterocycles. The molecule has 0 radical (unpaired) electrons. The average molecular weight is 554 g/mol. The molecule has 2 amide bonds. The molecule has 0 bridgehead atoms. The van der Waals surface area contributed by atoms with Gasteiger partial charge < -0.3 is 15.8 Å². The van der Waals surface area contributed by atoms with Crippen molar-refractivity contribution in [2.75, 3.05) is 11.9 Å². The largest absolute Gasteiger partial charge is 0.382 e. The Bertz CT molecular complexity index is 1210. The van der Waals surface area contributed by atoms with Crippen LogP contribution in [0.15, 0.2) is 18.2 Å². The SMILES string of the molecule is Cc1nn(-c2ccc(C(N)=O)c(NC3CCC(OCCCCCC(=O)NO)CC3)c2)c2c1C(C)(C)CC(C)(C)C2. The molecule has 0 atom stereocenters. The van der Waals surface area contributed by atoms with E-state index in [1.54, 1.807) is 5.48 Å². The molecule has 220 valence electrons. The molecule has 1 heterocycles. The van der Waals surface area contributed by atoms with Crippen molar-refractivity contribution < 1.29 is 19.5 Å². The zero-order valence-electron chi connectivity index (χ0n) is 24.8. The van der Waals surface area contributed by atoms with Gasteiger partial charge in [-0.15, -0.1) is 0 Å². The van der Waals surface area contributed by atoms with Gasteiger partial charge in [-0.3, -0.25) is 14.8 Å². The van der Waals surface area contributed by atoms with E-state index in [0.29, 0.717) is 18.6 Å². The first-order valence-electron chi connectivity index (χ1n) is 14.7. The number of anilines is 1. The standard InChI is InChI=1S/C31H47N5O4/c1-20-28-26(18-30(2,3)19-31(28,4)5)36(34-20)22-12-15-24(29(32)38)25(17-22)33-21-10-13-23(14-11-21)40-16-8-6-7-9-27(37)35-39/h12,15,17,21,23,33,39H,6-11,13-14,16,18-19H2,1-5H3,(H2,32,38)(H,35,37). The van der Waals surface area contributed by atoms with Crippen LogP contribution < -0.4 is 16.5 Å². The fraction of sp³-hybridized carbons (Fsp3) is 0.645. The molecule has 9 heteroatoms.